The molecule has 23 heavy (non-hydrogen) atoms. The summed E-state index contributed by atoms with van der Waals surface area (Å²) in [7, 11) is 0. The second-order valence-corrected chi connectivity index (χ2v) is 5.27. The van der Waals surface area contributed by atoms with Gasteiger partial charge in [0.2, 0.25) is 0 Å². The predicted octanol–water partition coefficient (Wildman–Crippen LogP) is 2.85. The van der Waals surface area contributed by atoms with Crippen LogP contribution in [0.5, 0.6) is 5.75 Å². The van der Waals surface area contributed by atoms with Crippen molar-refractivity contribution in [3.05, 3.63) is 53.0 Å². The smallest absolute Gasteiger partial charge is 0.341 e. The fourth-order valence-electron chi connectivity index (χ4n) is 2.21. The number of carbonyl (C=O) groups excluding carboxylic acids is 1. The lowest BCUT2D eigenvalue weighted by molar-refractivity contribution is -0.139. The molecule has 0 aliphatic heterocycles. The molecule has 2 rings (SSSR count). The number of hydrogen-bond donors (Lipinski definition) is 2. The van der Waals surface area contributed by atoms with Crippen LogP contribution in [-0.2, 0) is 4.79 Å². The van der Waals surface area contributed by atoms with Crippen LogP contribution in [0.15, 0.2) is 34.7 Å². The number of carboxylic acids is 1. The summed E-state index contributed by atoms with van der Waals surface area (Å²) in [4.78, 5) is 22.7. The lowest BCUT2D eigenvalue weighted by atomic mass is 10.1. The van der Waals surface area contributed by atoms with Gasteiger partial charge < -0.3 is 19.6 Å². The van der Waals surface area contributed by atoms with E-state index in [1.54, 1.807) is 44.2 Å². The Bertz CT molecular complexity index is 702. The summed E-state index contributed by atoms with van der Waals surface area (Å²) in [5.74, 6) is 0.527. The summed E-state index contributed by atoms with van der Waals surface area (Å²) in [5, 5.41) is 11.5. The molecular formula is C17H19NO5. The van der Waals surface area contributed by atoms with Gasteiger partial charge in [-0.25, -0.2) is 4.79 Å². The van der Waals surface area contributed by atoms with Gasteiger partial charge in [0.1, 0.15) is 17.3 Å². The molecule has 0 bridgehead atoms. The Balaban J connectivity index is 2.00. The van der Waals surface area contributed by atoms with E-state index in [2.05, 4.69) is 5.32 Å². The summed E-state index contributed by atoms with van der Waals surface area (Å²) < 4.78 is 10.4. The quantitative estimate of drug-likeness (QED) is 0.855. The number of rotatable bonds is 6. The van der Waals surface area contributed by atoms with E-state index in [-0.39, 0.29) is 18.6 Å². The van der Waals surface area contributed by atoms with Crippen molar-refractivity contribution >= 4 is 11.9 Å². The summed E-state index contributed by atoms with van der Waals surface area (Å²) >= 11 is 0. The van der Waals surface area contributed by atoms with E-state index in [4.69, 9.17) is 14.3 Å². The Morgan fingerprint density at radius 1 is 1.26 bits per heavy atom. The molecule has 6 nitrogen and oxygen atoms in total. The molecule has 0 radical (unpaired) electrons. The number of amides is 1. The monoisotopic (exact) mass is 317 g/mol. The topological polar surface area (TPSA) is 88.8 Å². The van der Waals surface area contributed by atoms with Crippen LogP contribution in [0.2, 0.25) is 0 Å². The number of benzene rings is 1. The average molecular weight is 317 g/mol. The van der Waals surface area contributed by atoms with Crippen molar-refractivity contribution in [1.82, 2.24) is 5.32 Å². The predicted molar refractivity (Wildman–Crippen MR) is 83.6 cm³/mol. The Kier molecular flexibility index (Phi) is 5.05. The molecule has 1 heterocycles. The zero-order chi connectivity index (χ0) is 17.0. The van der Waals surface area contributed by atoms with Gasteiger partial charge in [-0.3, -0.25) is 4.79 Å². The standard InChI is InChI=1S/C17H19NO5/c1-10-8-15(12(3)23-10)17(21)18-11(2)13-4-6-14(7-5-13)22-9-16(19)20/h4-8,11H,9H2,1-3H3,(H,18,21)(H,19,20). The minimum absolute atomic E-state index is 0.196. The minimum Gasteiger partial charge on any atom is -0.482 e. The highest BCUT2D eigenvalue weighted by atomic mass is 16.5. The van der Waals surface area contributed by atoms with Crippen molar-refractivity contribution in [2.45, 2.75) is 26.8 Å². The van der Waals surface area contributed by atoms with E-state index in [1.165, 1.54) is 0 Å². The molecule has 1 aromatic carbocycles. The first-order chi connectivity index (χ1) is 10.9. The molecule has 0 saturated carbocycles. The van der Waals surface area contributed by atoms with Crippen LogP contribution in [-0.4, -0.2) is 23.6 Å². The number of aryl methyl sites for hydroxylation is 2. The average Bonchev–Trinajstić information content (AvgIpc) is 2.84. The third-order valence-electron chi connectivity index (χ3n) is 3.38. The van der Waals surface area contributed by atoms with E-state index in [0.717, 1.165) is 5.56 Å². The van der Waals surface area contributed by atoms with Gasteiger partial charge in [0, 0.05) is 0 Å². The Hall–Kier alpha value is -2.76. The highest BCUT2D eigenvalue weighted by Gasteiger charge is 2.16. The van der Waals surface area contributed by atoms with Gasteiger partial charge in [0.15, 0.2) is 6.61 Å². The fourth-order valence-corrected chi connectivity index (χ4v) is 2.21. The molecule has 2 aromatic rings. The summed E-state index contributed by atoms with van der Waals surface area (Å²) in [6.45, 7) is 5.03. The number of hydrogen-bond acceptors (Lipinski definition) is 4. The van der Waals surface area contributed by atoms with Crippen LogP contribution in [0, 0.1) is 13.8 Å². The molecule has 0 saturated heterocycles. The van der Waals surface area contributed by atoms with Crippen molar-refractivity contribution in [2.75, 3.05) is 6.61 Å². The molecule has 1 aromatic heterocycles. The highest BCUT2D eigenvalue weighted by molar-refractivity contribution is 5.95. The number of aliphatic carboxylic acids is 1. The molecule has 1 unspecified atom stereocenters. The third-order valence-corrected chi connectivity index (χ3v) is 3.38. The van der Waals surface area contributed by atoms with Gasteiger partial charge in [-0.1, -0.05) is 12.1 Å². The number of nitrogens with one attached hydrogen (secondary N) is 1. The molecule has 2 N–H and O–H groups in total. The first kappa shape index (κ1) is 16.6. The van der Waals surface area contributed by atoms with E-state index >= 15 is 0 Å². The third kappa shape index (κ3) is 4.35. The van der Waals surface area contributed by atoms with E-state index in [9.17, 15) is 9.59 Å². The van der Waals surface area contributed by atoms with Crippen LogP contribution >= 0.6 is 0 Å². The Morgan fingerprint density at radius 2 is 1.91 bits per heavy atom. The molecule has 122 valence electrons. The van der Waals surface area contributed by atoms with Crippen molar-refractivity contribution < 1.29 is 23.8 Å². The Labute approximate surface area is 134 Å². The lowest BCUT2D eigenvalue weighted by Crippen LogP contribution is -2.26. The van der Waals surface area contributed by atoms with Gasteiger partial charge in [-0.15, -0.1) is 0 Å². The largest absolute Gasteiger partial charge is 0.482 e. The lowest BCUT2D eigenvalue weighted by Gasteiger charge is -2.14. The zero-order valence-corrected chi connectivity index (χ0v) is 13.3. The van der Waals surface area contributed by atoms with Crippen LogP contribution < -0.4 is 10.1 Å². The van der Waals surface area contributed by atoms with Gasteiger partial charge in [-0.2, -0.15) is 0 Å². The van der Waals surface area contributed by atoms with Gasteiger partial charge >= 0.3 is 5.97 Å². The van der Waals surface area contributed by atoms with Crippen LogP contribution in [0.3, 0.4) is 0 Å². The van der Waals surface area contributed by atoms with Gasteiger partial charge in [0.25, 0.3) is 5.91 Å². The Morgan fingerprint density at radius 3 is 2.43 bits per heavy atom. The van der Waals surface area contributed by atoms with Crippen LogP contribution in [0.4, 0.5) is 0 Å². The number of carboxylic acid groups (broad SMARTS) is 1. The maximum atomic E-state index is 12.2. The molecule has 0 aliphatic rings. The van der Waals surface area contributed by atoms with Crippen molar-refractivity contribution in [2.24, 2.45) is 0 Å². The van der Waals surface area contributed by atoms with E-state index < -0.39 is 5.97 Å². The zero-order valence-electron chi connectivity index (χ0n) is 13.3. The van der Waals surface area contributed by atoms with E-state index in [0.29, 0.717) is 22.8 Å². The summed E-state index contributed by atoms with van der Waals surface area (Å²) in [6.07, 6.45) is 0. The SMILES string of the molecule is Cc1cc(C(=O)NC(C)c2ccc(OCC(=O)O)cc2)c(C)o1. The second-order valence-electron chi connectivity index (χ2n) is 5.27. The molecule has 1 amide bonds. The molecule has 0 fully saturated rings. The molecular weight excluding hydrogens is 298 g/mol. The number of furan rings is 1. The molecule has 1 atom stereocenters. The maximum Gasteiger partial charge on any atom is 0.341 e. The first-order valence-corrected chi connectivity index (χ1v) is 7.19. The minimum atomic E-state index is -1.03. The van der Waals surface area contributed by atoms with Crippen molar-refractivity contribution in [3.8, 4) is 5.75 Å². The summed E-state index contributed by atoms with van der Waals surface area (Å²) in [5.41, 5.74) is 1.41. The normalized spacial score (nSPS) is 11.8. The molecule has 0 spiro atoms. The highest BCUT2D eigenvalue weighted by Crippen LogP contribution is 2.19. The van der Waals surface area contributed by atoms with Crippen LogP contribution in [0.25, 0.3) is 0 Å². The van der Waals surface area contributed by atoms with Crippen molar-refractivity contribution in [3.63, 3.8) is 0 Å². The van der Waals surface area contributed by atoms with Crippen LogP contribution in [0.1, 0.15) is 40.4 Å². The van der Waals surface area contributed by atoms with Gasteiger partial charge in [-0.05, 0) is 44.5 Å². The molecule has 6 heteroatoms. The van der Waals surface area contributed by atoms with Crippen molar-refractivity contribution in [1.29, 1.82) is 0 Å². The summed E-state index contributed by atoms with van der Waals surface area (Å²) in [6, 6.07) is 8.43. The number of carbonyl (C=O) groups is 2. The number of ether oxygens (including phenoxy) is 1. The maximum absolute atomic E-state index is 12.2. The van der Waals surface area contributed by atoms with E-state index in [1.807, 2.05) is 6.92 Å². The fraction of sp³-hybridized carbons (Fsp3) is 0.294. The second kappa shape index (κ2) is 7.00. The van der Waals surface area contributed by atoms with Gasteiger partial charge in [0.05, 0.1) is 11.6 Å². The first-order valence-electron chi connectivity index (χ1n) is 7.19. The molecule has 0 aliphatic carbocycles.